The highest BCUT2D eigenvalue weighted by atomic mass is 32.2. The fraction of sp³-hybridized carbons (Fsp3) is 0.833. The van der Waals surface area contributed by atoms with Gasteiger partial charge in [0.1, 0.15) is 0 Å². The van der Waals surface area contributed by atoms with Gasteiger partial charge in [-0.2, -0.15) is 4.31 Å². The van der Waals surface area contributed by atoms with Gasteiger partial charge in [0.25, 0.3) is 0 Å². The van der Waals surface area contributed by atoms with E-state index < -0.39 is 10.0 Å². The summed E-state index contributed by atoms with van der Waals surface area (Å²) in [6.07, 6.45) is 4.13. The number of hydrogen-bond donors (Lipinski definition) is 0. The SMILES string of the molecule is CC1C[CH]CN1S(C)(=O)=O. The summed E-state index contributed by atoms with van der Waals surface area (Å²) in [7, 11) is -2.95. The van der Waals surface area contributed by atoms with Crippen LogP contribution in [0.15, 0.2) is 0 Å². The maximum absolute atomic E-state index is 10.9. The quantitative estimate of drug-likeness (QED) is 0.554. The molecule has 0 aliphatic carbocycles. The van der Waals surface area contributed by atoms with Crippen LogP contribution in [0.5, 0.6) is 0 Å². The van der Waals surface area contributed by atoms with Crippen LogP contribution in [0.4, 0.5) is 0 Å². The minimum atomic E-state index is -2.95. The summed E-state index contributed by atoms with van der Waals surface area (Å²) in [5.41, 5.74) is 0. The van der Waals surface area contributed by atoms with E-state index in [1.165, 1.54) is 10.6 Å². The first-order chi connectivity index (χ1) is 4.52. The Morgan fingerprint density at radius 2 is 2.20 bits per heavy atom. The summed E-state index contributed by atoms with van der Waals surface area (Å²) < 4.78 is 23.4. The maximum Gasteiger partial charge on any atom is 0.211 e. The average Bonchev–Trinajstić information content (AvgIpc) is 2.11. The van der Waals surface area contributed by atoms with Crippen molar-refractivity contribution in [1.82, 2.24) is 4.31 Å². The normalized spacial score (nSPS) is 29.2. The van der Waals surface area contributed by atoms with E-state index in [9.17, 15) is 8.42 Å². The zero-order chi connectivity index (χ0) is 7.78. The molecular weight excluding hydrogens is 150 g/mol. The van der Waals surface area contributed by atoms with Crippen molar-refractivity contribution >= 4 is 10.0 Å². The molecule has 0 amide bonds. The standard InChI is InChI=1S/C6H12NO2S/c1-6-4-3-5-7(6)10(2,8)9/h3,6H,4-5H2,1-2H3. The van der Waals surface area contributed by atoms with E-state index in [0.29, 0.717) is 6.54 Å². The molecule has 1 unspecified atom stereocenters. The summed E-state index contributed by atoms with van der Waals surface area (Å²) in [5.74, 6) is 0. The van der Waals surface area contributed by atoms with Gasteiger partial charge in [0, 0.05) is 12.6 Å². The smallest absolute Gasteiger partial charge is 0.211 e. The van der Waals surface area contributed by atoms with Gasteiger partial charge in [-0.15, -0.1) is 0 Å². The molecule has 1 heterocycles. The van der Waals surface area contributed by atoms with Crippen molar-refractivity contribution in [2.24, 2.45) is 0 Å². The van der Waals surface area contributed by atoms with Gasteiger partial charge in [-0.25, -0.2) is 8.42 Å². The fourth-order valence-electron chi connectivity index (χ4n) is 1.20. The molecule has 1 saturated heterocycles. The van der Waals surface area contributed by atoms with Crippen LogP contribution >= 0.6 is 0 Å². The minimum absolute atomic E-state index is 0.162. The summed E-state index contributed by atoms with van der Waals surface area (Å²) in [6, 6.07) is 0.162. The predicted molar refractivity (Wildman–Crippen MR) is 39.9 cm³/mol. The Labute approximate surface area is 62.1 Å². The van der Waals surface area contributed by atoms with E-state index in [2.05, 4.69) is 0 Å². The van der Waals surface area contributed by atoms with E-state index in [1.54, 1.807) is 0 Å². The van der Waals surface area contributed by atoms with Gasteiger partial charge >= 0.3 is 0 Å². The Morgan fingerprint density at radius 3 is 2.40 bits per heavy atom. The van der Waals surface area contributed by atoms with Gasteiger partial charge in [0.15, 0.2) is 0 Å². The molecule has 1 aliphatic heterocycles. The van der Waals surface area contributed by atoms with Crippen molar-refractivity contribution in [3.05, 3.63) is 6.42 Å². The number of hydrogen-bond acceptors (Lipinski definition) is 2. The van der Waals surface area contributed by atoms with E-state index in [1.807, 2.05) is 13.3 Å². The Kier molecular flexibility index (Phi) is 2.01. The van der Waals surface area contributed by atoms with Crippen LogP contribution < -0.4 is 0 Å². The van der Waals surface area contributed by atoms with Crippen molar-refractivity contribution in [3.63, 3.8) is 0 Å². The van der Waals surface area contributed by atoms with E-state index >= 15 is 0 Å². The van der Waals surface area contributed by atoms with Crippen molar-refractivity contribution in [3.8, 4) is 0 Å². The first-order valence-electron chi connectivity index (χ1n) is 3.30. The van der Waals surface area contributed by atoms with Crippen LogP contribution in [-0.2, 0) is 10.0 Å². The van der Waals surface area contributed by atoms with Crippen LogP contribution in [0.1, 0.15) is 13.3 Å². The molecule has 0 saturated carbocycles. The molecule has 3 nitrogen and oxygen atoms in total. The van der Waals surface area contributed by atoms with E-state index in [-0.39, 0.29) is 6.04 Å². The lowest BCUT2D eigenvalue weighted by Gasteiger charge is -2.17. The van der Waals surface area contributed by atoms with Crippen molar-refractivity contribution in [2.75, 3.05) is 12.8 Å². The first kappa shape index (κ1) is 8.01. The molecule has 1 radical (unpaired) electrons. The van der Waals surface area contributed by atoms with Crippen molar-refractivity contribution in [1.29, 1.82) is 0 Å². The lowest BCUT2D eigenvalue weighted by atomic mass is 10.3. The molecule has 4 heteroatoms. The Bertz CT molecular complexity index is 210. The maximum atomic E-state index is 10.9. The molecule has 0 spiro atoms. The molecule has 1 fully saturated rings. The molecule has 1 aliphatic rings. The van der Waals surface area contributed by atoms with Gasteiger partial charge in [-0.1, -0.05) is 0 Å². The summed E-state index contributed by atoms with van der Waals surface area (Å²) >= 11 is 0. The Hall–Kier alpha value is -0.0900. The summed E-state index contributed by atoms with van der Waals surface area (Å²) in [6.45, 7) is 2.50. The zero-order valence-corrected chi connectivity index (χ0v) is 7.06. The van der Waals surface area contributed by atoms with Crippen LogP contribution in [0, 0.1) is 6.42 Å². The first-order valence-corrected chi connectivity index (χ1v) is 5.15. The Morgan fingerprint density at radius 1 is 1.60 bits per heavy atom. The molecule has 10 heavy (non-hydrogen) atoms. The monoisotopic (exact) mass is 162 g/mol. The van der Waals surface area contributed by atoms with Gasteiger partial charge in [0.2, 0.25) is 10.0 Å². The molecular formula is C6H12NO2S. The van der Waals surface area contributed by atoms with Crippen LogP contribution in [0.25, 0.3) is 0 Å². The van der Waals surface area contributed by atoms with Crippen LogP contribution in [-0.4, -0.2) is 31.6 Å². The van der Waals surface area contributed by atoms with Gasteiger partial charge < -0.3 is 0 Å². The third-order valence-electron chi connectivity index (χ3n) is 1.73. The molecule has 59 valence electrons. The summed E-state index contributed by atoms with van der Waals surface area (Å²) in [5, 5.41) is 0. The predicted octanol–water partition coefficient (Wildman–Crippen LogP) is 0.244. The van der Waals surface area contributed by atoms with Crippen LogP contribution in [0.3, 0.4) is 0 Å². The number of rotatable bonds is 1. The molecule has 0 aromatic heterocycles. The van der Waals surface area contributed by atoms with Crippen molar-refractivity contribution < 1.29 is 8.42 Å². The topological polar surface area (TPSA) is 37.4 Å². The Balaban J connectivity index is 2.74. The highest BCUT2D eigenvalue weighted by molar-refractivity contribution is 7.88. The number of nitrogens with zero attached hydrogens (tertiary/aromatic N) is 1. The lowest BCUT2D eigenvalue weighted by molar-refractivity contribution is 0.413. The van der Waals surface area contributed by atoms with E-state index in [0.717, 1.165) is 6.42 Å². The fourth-order valence-corrected chi connectivity index (χ4v) is 2.32. The molecule has 1 atom stereocenters. The lowest BCUT2D eigenvalue weighted by Crippen LogP contribution is -2.32. The molecule has 1 rings (SSSR count). The largest absolute Gasteiger partial charge is 0.212 e. The van der Waals surface area contributed by atoms with Crippen LogP contribution in [0.2, 0.25) is 0 Å². The van der Waals surface area contributed by atoms with E-state index in [4.69, 9.17) is 0 Å². The van der Waals surface area contributed by atoms with Gasteiger partial charge in [0.05, 0.1) is 6.26 Å². The molecule has 0 aromatic rings. The summed E-state index contributed by atoms with van der Waals surface area (Å²) in [4.78, 5) is 0. The second-order valence-electron chi connectivity index (χ2n) is 2.71. The second-order valence-corrected chi connectivity index (χ2v) is 4.64. The average molecular weight is 162 g/mol. The third kappa shape index (κ3) is 1.49. The van der Waals surface area contributed by atoms with Gasteiger partial charge in [-0.3, -0.25) is 0 Å². The second kappa shape index (κ2) is 2.51. The molecule has 0 N–H and O–H groups in total. The number of sulfonamides is 1. The highest BCUT2D eigenvalue weighted by Crippen LogP contribution is 2.17. The minimum Gasteiger partial charge on any atom is -0.212 e. The van der Waals surface area contributed by atoms with Crippen molar-refractivity contribution in [2.45, 2.75) is 19.4 Å². The highest BCUT2D eigenvalue weighted by Gasteiger charge is 2.27. The third-order valence-corrected chi connectivity index (χ3v) is 3.10. The van der Waals surface area contributed by atoms with Gasteiger partial charge in [-0.05, 0) is 19.8 Å². The zero-order valence-electron chi connectivity index (χ0n) is 6.24. The molecule has 0 bridgehead atoms. The molecule has 0 aromatic carbocycles.